The summed E-state index contributed by atoms with van der Waals surface area (Å²) >= 11 is 0. The first kappa shape index (κ1) is 15.9. The van der Waals surface area contributed by atoms with Crippen LogP contribution in [-0.4, -0.2) is 53.9 Å². The quantitative estimate of drug-likeness (QED) is 0.763. The lowest BCUT2D eigenvalue weighted by atomic mass is 10.0. The predicted octanol–water partition coefficient (Wildman–Crippen LogP) is 0.131. The molecular formula is C10H19NO5S. The Bertz CT molecular complexity index is 412. The molecule has 0 heterocycles. The molecule has 1 unspecified atom stereocenters. The zero-order valence-corrected chi connectivity index (χ0v) is 11.5. The molecule has 0 saturated heterocycles. The average Bonchev–Trinajstić information content (AvgIpc) is 2.15. The van der Waals surface area contributed by atoms with Crippen molar-refractivity contribution in [3.8, 4) is 0 Å². The van der Waals surface area contributed by atoms with Crippen LogP contribution in [0.2, 0.25) is 0 Å². The summed E-state index contributed by atoms with van der Waals surface area (Å²) in [5.74, 6) is -1.86. The van der Waals surface area contributed by atoms with Gasteiger partial charge in [0.05, 0.1) is 0 Å². The van der Waals surface area contributed by atoms with Gasteiger partial charge in [0.2, 0.25) is 5.91 Å². The molecule has 0 aliphatic heterocycles. The Hall–Kier alpha value is -1.11. The van der Waals surface area contributed by atoms with E-state index in [2.05, 4.69) is 0 Å². The van der Waals surface area contributed by atoms with Crippen molar-refractivity contribution >= 4 is 21.7 Å². The monoisotopic (exact) mass is 265 g/mol. The van der Waals surface area contributed by atoms with E-state index < -0.39 is 32.5 Å². The minimum absolute atomic E-state index is 0.137. The Labute approximate surface area is 102 Å². The van der Waals surface area contributed by atoms with Gasteiger partial charge in [0.25, 0.3) is 0 Å². The molecule has 100 valence electrons. The fraction of sp³-hybridized carbons (Fsp3) is 0.800. The van der Waals surface area contributed by atoms with E-state index in [-0.39, 0.29) is 6.54 Å². The summed E-state index contributed by atoms with van der Waals surface area (Å²) in [7, 11) is -3.53. The van der Waals surface area contributed by atoms with Gasteiger partial charge in [-0.3, -0.25) is 4.79 Å². The van der Waals surface area contributed by atoms with Crippen LogP contribution in [0.4, 0.5) is 0 Å². The largest absolute Gasteiger partial charge is 0.480 e. The molecule has 0 fully saturated rings. The van der Waals surface area contributed by atoms with Gasteiger partial charge in [-0.1, -0.05) is 0 Å². The summed E-state index contributed by atoms with van der Waals surface area (Å²) in [5.41, 5.74) is -1.43. The second-order valence-electron chi connectivity index (χ2n) is 4.42. The van der Waals surface area contributed by atoms with Crippen molar-refractivity contribution in [1.29, 1.82) is 0 Å². The van der Waals surface area contributed by atoms with Crippen LogP contribution in [0.25, 0.3) is 0 Å². The van der Waals surface area contributed by atoms with Gasteiger partial charge >= 0.3 is 5.97 Å². The predicted molar refractivity (Wildman–Crippen MR) is 63.4 cm³/mol. The summed E-state index contributed by atoms with van der Waals surface area (Å²) in [5, 5.41) is 7.80. The molecule has 0 rings (SSSR count). The van der Waals surface area contributed by atoms with Gasteiger partial charge in [-0.05, 0) is 27.7 Å². The van der Waals surface area contributed by atoms with Gasteiger partial charge < -0.3 is 10.0 Å². The number of carbonyl (C=O) groups excluding carboxylic acids is 1. The topological polar surface area (TPSA) is 91.8 Å². The number of nitrogens with zero attached hydrogens (tertiary/aromatic N) is 1. The summed E-state index contributed by atoms with van der Waals surface area (Å²) < 4.78 is 22.6. The van der Waals surface area contributed by atoms with Gasteiger partial charge in [-0.15, -0.1) is 0 Å². The minimum atomic E-state index is -3.53. The number of carboxylic acid groups (broad SMARTS) is 1. The number of carbonyl (C=O) groups is 2. The fourth-order valence-electron chi connectivity index (χ4n) is 1.34. The maximum absolute atomic E-state index is 12.0. The van der Waals surface area contributed by atoms with Crippen LogP contribution in [0.1, 0.15) is 27.7 Å². The molecule has 1 N–H and O–H groups in total. The molecule has 0 bridgehead atoms. The molecular weight excluding hydrogens is 246 g/mol. The van der Waals surface area contributed by atoms with E-state index in [9.17, 15) is 18.0 Å². The number of hydrogen-bond donors (Lipinski definition) is 1. The highest BCUT2D eigenvalue weighted by atomic mass is 32.2. The highest BCUT2D eigenvalue weighted by molar-refractivity contribution is 7.92. The lowest BCUT2D eigenvalue weighted by Gasteiger charge is -2.35. The Balaban J connectivity index is 5.31. The average molecular weight is 265 g/mol. The molecule has 0 aromatic rings. The van der Waals surface area contributed by atoms with Crippen molar-refractivity contribution in [2.75, 3.05) is 12.8 Å². The lowest BCUT2D eigenvalue weighted by molar-refractivity contribution is -0.156. The number of likely N-dealkylation sites (N-methyl/N-ethyl adjacent to an activating group) is 1. The summed E-state index contributed by atoms with van der Waals surface area (Å²) in [6, 6.07) is 0. The van der Waals surface area contributed by atoms with Crippen molar-refractivity contribution in [2.24, 2.45) is 0 Å². The van der Waals surface area contributed by atoms with Crippen LogP contribution < -0.4 is 0 Å². The summed E-state index contributed by atoms with van der Waals surface area (Å²) in [4.78, 5) is 24.1. The number of aliphatic carboxylic acids is 1. The molecule has 0 spiro atoms. The molecule has 0 aromatic carbocycles. The van der Waals surface area contributed by atoms with Crippen LogP contribution in [-0.2, 0) is 19.4 Å². The van der Waals surface area contributed by atoms with Crippen LogP contribution in [0, 0.1) is 0 Å². The molecule has 1 amide bonds. The third-order valence-corrected chi connectivity index (χ3v) is 4.26. The number of carboxylic acids is 1. The third-order valence-electron chi connectivity index (χ3n) is 2.77. The van der Waals surface area contributed by atoms with E-state index >= 15 is 0 Å². The molecule has 0 aliphatic rings. The molecule has 0 radical (unpaired) electrons. The van der Waals surface area contributed by atoms with E-state index in [0.29, 0.717) is 0 Å². The number of rotatable bonds is 5. The molecule has 6 nitrogen and oxygen atoms in total. The van der Waals surface area contributed by atoms with Crippen molar-refractivity contribution < 1.29 is 23.1 Å². The highest BCUT2D eigenvalue weighted by Crippen LogP contribution is 2.17. The van der Waals surface area contributed by atoms with E-state index in [1.54, 1.807) is 6.92 Å². The maximum atomic E-state index is 12.0. The molecule has 1 atom stereocenters. The van der Waals surface area contributed by atoms with Gasteiger partial charge in [0, 0.05) is 12.8 Å². The van der Waals surface area contributed by atoms with Gasteiger partial charge in [0.15, 0.2) is 9.84 Å². The standard InChI is InChI=1S/C10H19NO5S/c1-6-11(10(3,4)9(13)14)8(12)7(2)17(5,15)16/h7H,6H2,1-5H3,(H,13,14). The first-order valence-corrected chi connectivity index (χ1v) is 7.15. The van der Waals surface area contributed by atoms with Crippen molar-refractivity contribution in [3.05, 3.63) is 0 Å². The first-order valence-electron chi connectivity index (χ1n) is 5.20. The Kier molecular flexibility index (Phi) is 4.70. The van der Waals surface area contributed by atoms with Crippen molar-refractivity contribution in [2.45, 2.75) is 38.5 Å². The SMILES string of the molecule is CCN(C(=O)C(C)S(C)(=O)=O)C(C)(C)C(=O)O. The van der Waals surface area contributed by atoms with Crippen LogP contribution in [0.15, 0.2) is 0 Å². The normalized spacial score (nSPS) is 14.2. The number of amides is 1. The lowest BCUT2D eigenvalue weighted by Crippen LogP contribution is -2.56. The Morgan fingerprint density at radius 2 is 1.76 bits per heavy atom. The smallest absolute Gasteiger partial charge is 0.329 e. The Morgan fingerprint density at radius 3 is 2.00 bits per heavy atom. The Morgan fingerprint density at radius 1 is 1.35 bits per heavy atom. The van der Waals surface area contributed by atoms with E-state index in [1.165, 1.54) is 20.8 Å². The first-order chi connectivity index (χ1) is 7.46. The van der Waals surface area contributed by atoms with Gasteiger partial charge in [-0.2, -0.15) is 0 Å². The number of hydrogen-bond acceptors (Lipinski definition) is 4. The highest BCUT2D eigenvalue weighted by Gasteiger charge is 2.40. The van der Waals surface area contributed by atoms with E-state index in [0.717, 1.165) is 11.2 Å². The third kappa shape index (κ3) is 3.42. The molecule has 0 aromatic heterocycles. The molecule has 0 saturated carbocycles. The van der Waals surface area contributed by atoms with Gasteiger partial charge in [-0.25, -0.2) is 13.2 Å². The second-order valence-corrected chi connectivity index (χ2v) is 6.78. The number of sulfone groups is 1. The minimum Gasteiger partial charge on any atom is -0.480 e. The van der Waals surface area contributed by atoms with Crippen LogP contribution in [0.5, 0.6) is 0 Å². The molecule has 7 heteroatoms. The molecule has 0 aliphatic carbocycles. The van der Waals surface area contributed by atoms with Crippen LogP contribution in [0.3, 0.4) is 0 Å². The molecule has 17 heavy (non-hydrogen) atoms. The van der Waals surface area contributed by atoms with E-state index in [4.69, 9.17) is 5.11 Å². The maximum Gasteiger partial charge on any atom is 0.329 e. The fourth-order valence-corrected chi connectivity index (χ4v) is 1.84. The van der Waals surface area contributed by atoms with Gasteiger partial charge in [0.1, 0.15) is 10.8 Å². The summed E-state index contributed by atoms with van der Waals surface area (Å²) in [6.45, 7) is 5.74. The zero-order chi connectivity index (χ0) is 14.0. The zero-order valence-electron chi connectivity index (χ0n) is 10.7. The van der Waals surface area contributed by atoms with Crippen molar-refractivity contribution in [3.63, 3.8) is 0 Å². The van der Waals surface area contributed by atoms with E-state index in [1.807, 2.05) is 0 Å². The second kappa shape index (κ2) is 5.03. The summed E-state index contributed by atoms with van der Waals surface area (Å²) in [6.07, 6.45) is 0.956. The van der Waals surface area contributed by atoms with Crippen LogP contribution >= 0.6 is 0 Å². The van der Waals surface area contributed by atoms with Crippen molar-refractivity contribution in [1.82, 2.24) is 4.90 Å².